The van der Waals surface area contributed by atoms with E-state index >= 15 is 0 Å². The summed E-state index contributed by atoms with van der Waals surface area (Å²) in [7, 11) is 0. The van der Waals surface area contributed by atoms with Crippen molar-refractivity contribution in [2.75, 3.05) is 0 Å². The number of Topliss-reactive ketones (excluding diaryl/α,β-unsaturated/α-hetero) is 2. The Balaban J connectivity index is 3.40. The van der Waals surface area contributed by atoms with E-state index in [1.165, 1.54) is 0 Å². The quantitative estimate of drug-likeness (QED) is 0.439. The molecule has 1 aliphatic carbocycles. The van der Waals surface area contributed by atoms with E-state index in [0.29, 0.717) is 0 Å². The van der Waals surface area contributed by atoms with Crippen molar-refractivity contribution in [3.63, 3.8) is 0 Å². The van der Waals surface area contributed by atoms with Crippen molar-refractivity contribution in [2.45, 2.75) is 0 Å². The van der Waals surface area contributed by atoms with Gasteiger partial charge in [0.15, 0.2) is 5.11 Å². The molecule has 72 valence electrons. The highest BCUT2D eigenvalue weighted by Gasteiger charge is 2.35. The first-order chi connectivity index (χ1) is 6.50. The number of halogens is 3. The number of hydrogen-bond acceptors (Lipinski definition) is 4. The van der Waals surface area contributed by atoms with E-state index in [9.17, 15) is 9.59 Å². The number of ketones is 2. The van der Waals surface area contributed by atoms with Gasteiger partial charge in [-0.15, -0.1) is 0 Å². The van der Waals surface area contributed by atoms with E-state index in [4.69, 9.17) is 40.3 Å². The third-order valence-corrected chi connectivity index (χ3v) is 2.53. The van der Waals surface area contributed by atoms with E-state index in [1.54, 1.807) is 0 Å². The largest absolute Gasteiger partial charge is 0.286 e. The van der Waals surface area contributed by atoms with Crippen LogP contribution in [-0.2, 0) is 9.59 Å². The van der Waals surface area contributed by atoms with Crippen molar-refractivity contribution in [3.8, 4) is 0 Å². The molecule has 0 aromatic heterocycles. The lowest BCUT2D eigenvalue weighted by atomic mass is 10.1. The SMILES string of the molecule is N=[N+]=NC1=C(Cl)C(=O)C(Cl)=C(Cl)C1=O. The first-order valence-corrected chi connectivity index (χ1v) is 4.26. The van der Waals surface area contributed by atoms with Gasteiger partial charge in [0.2, 0.25) is 22.2 Å². The fourth-order valence-electron chi connectivity index (χ4n) is 0.746. The van der Waals surface area contributed by atoms with Gasteiger partial charge in [-0.2, -0.15) is 0 Å². The summed E-state index contributed by atoms with van der Waals surface area (Å²) >= 11 is 16.3. The molecule has 0 fully saturated rings. The summed E-state index contributed by atoms with van der Waals surface area (Å²) in [6.45, 7) is 0. The summed E-state index contributed by atoms with van der Waals surface area (Å²) < 4.78 is 0. The number of allylic oxidation sites excluding steroid dienone is 3. The van der Waals surface area contributed by atoms with Gasteiger partial charge in [0.1, 0.15) is 20.6 Å². The van der Waals surface area contributed by atoms with Crippen LogP contribution in [0.4, 0.5) is 0 Å². The van der Waals surface area contributed by atoms with Gasteiger partial charge in [0, 0.05) is 0 Å². The van der Waals surface area contributed by atoms with E-state index in [1.807, 2.05) is 0 Å². The molecule has 0 spiro atoms. The summed E-state index contributed by atoms with van der Waals surface area (Å²) in [5, 5.41) is 1.66. The smallest absolute Gasteiger partial charge is 0.233 e. The molecular formula is C6HCl3N3O2+. The van der Waals surface area contributed by atoms with Crippen LogP contribution >= 0.6 is 34.8 Å². The van der Waals surface area contributed by atoms with Crippen molar-refractivity contribution in [3.05, 3.63) is 20.8 Å². The number of hydrogen-bond donors (Lipinski definition) is 1. The second kappa shape index (κ2) is 4.02. The Kier molecular flexibility index (Phi) is 3.18. The molecule has 1 N–H and O–H groups in total. The molecule has 0 aromatic rings. The van der Waals surface area contributed by atoms with Crippen LogP contribution in [-0.4, -0.2) is 11.6 Å². The molecule has 0 radical (unpaired) electrons. The highest BCUT2D eigenvalue weighted by Crippen LogP contribution is 2.31. The number of nitrogens with zero attached hydrogens (tertiary/aromatic N) is 2. The van der Waals surface area contributed by atoms with Crippen molar-refractivity contribution in [2.24, 2.45) is 5.11 Å². The predicted octanol–water partition coefficient (Wildman–Crippen LogP) is 1.83. The average Bonchev–Trinajstić information content (AvgIpc) is 2.19. The molecule has 1 rings (SSSR count). The molecule has 0 aliphatic heterocycles. The molecule has 0 amide bonds. The van der Waals surface area contributed by atoms with Crippen molar-refractivity contribution < 1.29 is 9.59 Å². The number of carbonyl (C=O) groups excluding carboxylic acids is 2. The Morgan fingerprint density at radius 2 is 1.50 bits per heavy atom. The van der Waals surface area contributed by atoms with E-state index < -0.39 is 32.4 Å². The highest BCUT2D eigenvalue weighted by atomic mass is 35.5. The first kappa shape index (κ1) is 11.1. The second-order valence-electron chi connectivity index (χ2n) is 2.15. The average molecular weight is 253 g/mol. The lowest BCUT2D eigenvalue weighted by Gasteiger charge is -2.06. The van der Waals surface area contributed by atoms with Crippen LogP contribution in [0.5, 0.6) is 0 Å². The van der Waals surface area contributed by atoms with Crippen molar-refractivity contribution in [1.29, 1.82) is 5.53 Å². The lowest BCUT2D eigenvalue weighted by Crippen LogP contribution is -2.16. The maximum atomic E-state index is 11.3. The predicted molar refractivity (Wildman–Crippen MR) is 48.9 cm³/mol. The van der Waals surface area contributed by atoms with E-state index in [0.717, 1.165) is 0 Å². The van der Waals surface area contributed by atoms with Crippen molar-refractivity contribution >= 4 is 46.4 Å². The third-order valence-electron chi connectivity index (χ3n) is 1.36. The van der Waals surface area contributed by atoms with E-state index in [2.05, 4.69) is 10.0 Å². The van der Waals surface area contributed by atoms with Crippen LogP contribution in [0.25, 0.3) is 0 Å². The molecule has 0 atom stereocenters. The number of nitrogens with one attached hydrogen (secondary N) is 1. The Hall–Kier alpha value is -1.00. The topological polar surface area (TPSA) is 84.4 Å². The Labute approximate surface area is 92.5 Å². The minimum absolute atomic E-state index is 0.453. The number of carbonyl (C=O) groups is 2. The van der Waals surface area contributed by atoms with Crippen LogP contribution in [0.3, 0.4) is 0 Å². The Morgan fingerprint density at radius 1 is 1.00 bits per heavy atom. The molecular weight excluding hydrogens is 252 g/mol. The van der Waals surface area contributed by atoms with Gasteiger partial charge in [-0.1, -0.05) is 34.8 Å². The van der Waals surface area contributed by atoms with E-state index in [-0.39, 0.29) is 0 Å². The number of rotatable bonds is 1. The van der Waals surface area contributed by atoms with Crippen molar-refractivity contribution in [1.82, 2.24) is 4.91 Å². The lowest BCUT2D eigenvalue weighted by molar-refractivity contribution is -0.115. The monoisotopic (exact) mass is 252 g/mol. The minimum Gasteiger partial charge on any atom is -0.286 e. The fraction of sp³-hybridized carbons (Fsp3) is 0. The molecule has 8 heteroatoms. The van der Waals surface area contributed by atoms with Gasteiger partial charge < -0.3 is 0 Å². The first-order valence-electron chi connectivity index (χ1n) is 3.12. The van der Waals surface area contributed by atoms with Gasteiger partial charge >= 0.3 is 0 Å². The van der Waals surface area contributed by atoms with Gasteiger partial charge in [-0.25, -0.2) is 0 Å². The summed E-state index contributed by atoms with van der Waals surface area (Å²) in [5.41, 5.74) is 5.94. The van der Waals surface area contributed by atoms with Crippen LogP contribution in [0.1, 0.15) is 0 Å². The normalized spacial score (nSPS) is 17.4. The zero-order valence-electron chi connectivity index (χ0n) is 6.34. The fourth-order valence-corrected chi connectivity index (χ4v) is 1.37. The van der Waals surface area contributed by atoms with Crippen LogP contribution in [0, 0.1) is 5.53 Å². The standard InChI is InChI=1S/C6HCl3N3O2/c7-1-2(8)6(14)4(11-12-10)3(9)5(1)13/h10H/q+1. The highest BCUT2D eigenvalue weighted by molar-refractivity contribution is 6.64. The summed E-state index contributed by atoms with van der Waals surface area (Å²) in [6, 6.07) is 0. The molecule has 1 aliphatic rings. The second-order valence-corrected chi connectivity index (χ2v) is 3.28. The van der Waals surface area contributed by atoms with Gasteiger partial charge in [0.05, 0.1) is 0 Å². The third kappa shape index (κ3) is 1.63. The summed E-state index contributed by atoms with van der Waals surface area (Å²) in [4.78, 5) is 25.1. The van der Waals surface area contributed by atoms with Crippen LogP contribution < -0.4 is 4.91 Å². The molecule has 5 nitrogen and oxygen atoms in total. The Bertz CT molecular complexity index is 445. The van der Waals surface area contributed by atoms with Gasteiger partial charge in [-0.05, 0) is 0 Å². The molecule has 0 unspecified atom stereocenters. The molecule has 0 bridgehead atoms. The Morgan fingerprint density at radius 3 is 2.00 bits per heavy atom. The molecule has 0 heterocycles. The van der Waals surface area contributed by atoms with Gasteiger partial charge in [-0.3, -0.25) is 9.59 Å². The van der Waals surface area contributed by atoms with Gasteiger partial charge in [0.25, 0.3) is 0 Å². The molecule has 14 heavy (non-hydrogen) atoms. The zero-order chi connectivity index (χ0) is 10.9. The van der Waals surface area contributed by atoms with Crippen LogP contribution in [0.15, 0.2) is 25.9 Å². The van der Waals surface area contributed by atoms with Crippen LogP contribution in [0.2, 0.25) is 0 Å². The summed E-state index contributed by atoms with van der Waals surface area (Å²) in [5.74, 6) is -1.63. The minimum atomic E-state index is -0.822. The summed E-state index contributed by atoms with van der Waals surface area (Å²) in [6.07, 6.45) is 0. The zero-order valence-corrected chi connectivity index (χ0v) is 8.61. The molecule has 0 saturated carbocycles. The maximum Gasteiger partial charge on any atom is 0.233 e. The molecule has 0 saturated heterocycles. The maximum absolute atomic E-state index is 11.3. The molecule has 0 aromatic carbocycles.